The highest BCUT2D eigenvalue weighted by molar-refractivity contribution is 8.18. The minimum absolute atomic E-state index is 0.0773. The number of halogens is 2. The fourth-order valence-corrected chi connectivity index (χ4v) is 7.45. The number of fused-ring (bicyclic) bond motifs is 1. The van der Waals surface area contributed by atoms with E-state index in [1.807, 2.05) is 60.5 Å². The lowest BCUT2D eigenvalue weighted by Gasteiger charge is -2.37. The number of nitrogens with one attached hydrogen (secondary N) is 2. The number of carbonyl (C=O) groups excluding carboxylic acids is 1. The summed E-state index contributed by atoms with van der Waals surface area (Å²) in [5.74, 6) is 0.203. The molecule has 2 unspecified atom stereocenters. The van der Waals surface area contributed by atoms with Crippen LogP contribution in [0.25, 0.3) is 0 Å². The monoisotopic (exact) mass is 572 g/mol. The fourth-order valence-electron chi connectivity index (χ4n) is 5.82. The number of rotatable bonds is 7. The first-order chi connectivity index (χ1) is 18.2. The van der Waals surface area contributed by atoms with Crippen molar-refractivity contribution in [2.45, 2.75) is 44.8 Å². The van der Waals surface area contributed by atoms with Gasteiger partial charge in [0.1, 0.15) is 10.4 Å². The molecular formula is C28H34Cl2N6OS. The van der Waals surface area contributed by atoms with Crippen molar-refractivity contribution >= 4 is 46.0 Å². The van der Waals surface area contributed by atoms with Gasteiger partial charge in [-0.25, -0.2) is 15.8 Å². The van der Waals surface area contributed by atoms with Gasteiger partial charge < -0.3 is 9.80 Å². The number of hydrogen-bond acceptors (Lipinski definition) is 7. The highest BCUT2D eigenvalue weighted by Crippen LogP contribution is 2.56. The molecule has 1 saturated heterocycles. The molecule has 3 heterocycles. The molecule has 0 aromatic heterocycles. The second kappa shape index (κ2) is 10.8. The topological polar surface area (TPSA) is 63.2 Å². The number of amides is 1. The Morgan fingerprint density at radius 3 is 2.26 bits per heavy atom. The first-order valence-corrected chi connectivity index (χ1v) is 14.5. The Morgan fingerprint density at radius 2 is 1.68 bits per heavy atom. The average Bonchev–Trinajstić information content (AvgIpc) is 3.58. The van der Waals surface area contributed by atoms with Gasteiger partial charge in [-0.05, 0) is 66.4 Å². The summed E-state index contributed by atoms with van der Waals surface area (Å²) in [5, 5.41) is 4.20. The third kappa shape index (κ3) is 4.76. The molecule has 2 aromatic rings. The molecule has 3 atom stereocenters. The van der Waals surface area contributed by atoms with Gasteiger partial charge in [-0.1, -0.05) is 61.3 Å². The van der Waals surface area contributed by atoms with Crippen LogP contribution in [-0.2, 0) is 10.3 Å². The van der Waals surface area contributed by atoms with Gasteiger partial charge in [0.05, 0.1) is 12.1 Å². The van der Waals surface area contributed by atoms with Crippen molar-refractivity contribution in [1.82, 2.24) is 25.8 Å². The van der Waals surface area contributed by atoms with Crippen LogP contribution < -0.4 is 10.9 Å². The molecule has 3 aliphatic heterocycles. The van der Waals surface area contributed by atoms with Gasteiger partial charge >= 0.3 is 0 Å². The van der Waals surface area contributed by atoms with E-state index in [-0.39, 0.29) is 23.9 Å². The number of likely N-dealkylation sites (tertiary alicyclic amines) is 1. The van der Waals surface area contributed by atoms with Crippen LogP contribution in [0.2, 0.25) is 10.0 Å². The van der Waals surface area contributed by atoms with Crippen LogP contribution in [0.3, 0.4) is 0 Å². The maximum absolute atomic E-state index is 14.0. The van der Waals surface area contributed by atoms with Gasteiger partial charge in [0.15, 0.2) is 5.17 Å². The number of allylic oxidation sites excluding steroid dienone is 1. The van der Waals surface area contributed by atoms with Gasteiger partial charge in [0.2, 0.25) is 0 Å². The Bertz CT molecular complexity index is 1260. The number of aliphatic imine (C=N–C) groups is 1. The molecule has 5 rings (SSSR count). The fraction of sp³-hybridized carbons (Fsp3) is 0.429. The van der Waals surface area contributed by atoms with Crippen molar-refractivity contribution in [2.24, 2.45) is 10.9 Å². The van der Waals surface area contributed by atoms with Crippen molar-refractivity contribution in [1.29, 1.82) is 0 Å². The molecule has 202 valence electrons. The molecule has 1 fully saturated rings. The van der Waals surface area contributed by atoms with Crippen LogP contribution in [0.15, 0.2) is 64.1 Å². The Labute approximate surface area is 239 Å². The van der Waals surface area contributed by atoms with Crippen LogP contribution in [0.5, 0.6) is 0 Å². The summed E-state index contributed by atoms with van der Waals surface area (Å²) in [5.41, 5.74) is 8.94. The van der Waals surface area contributed by atoms with E-state index in [0.717, 1.165) is 33.3 Å². The Morgan fingerprint density at radius 1 is 1.08 bits per heavy atom. The number of nitrogens with zero attached hydrogens (tertiary/aromatic N) is 4. The van der Waals surface area contributed by atoms with Crippen LogP contribution in [-0.4, -0.2) is 59.2 Å². The third-order valence-electron chi connectivity index (χ3n) is 7.66. The number of carbonyl (C=O) groups is 1. The summed E-state index contributed by atoms with van der Waals surface area (Å²) in [6.45, 7) is 7.84. The summed E-state index contributed by atoms with van der Waals surface area (Å²) < 4.78 is 0. The van der Waals surface area contributed by atoms with E-state index in [1.54, 1.807) is 0 Å². The lowest BCUT2D eigenvalue weighted by atomic mass is 9.81. The third-order valence-corrected chi connectivity index (χ3v) is 9.23. The molecule has 2 N–H and O–H groups in total. The highest BCUT2D eigenvalue weighted by atomic mass is 35.5. The van der Waals surface area contributed by atoms with Gasteiger partial charge in [0.25, 0.3) is 5.91 Å². The quantitative estimate of drug-likeness (QED) is 0.433. The summed E-state index contributed by atoms with van der Waals surface area (Å²) in [6, 6.07) is 16.0. The zero-order valence-corrected chi connectivity index (χ0v) is 24.7. The van der Waals surface area contributed by atoms with Crippen LogP contribution in [0.1, 0.15) is 44.4 Å². The van der Waals surface area contributed by atoms with E-state index in [2.05, 4.69) is 48.7 Å². The number of thioether (sulfide) groups is 1. The van der Waals surface area contributed by atoms with Gasteiger partial charge in [0, 0.05) is 42.9 Å². The molecule has 2 aromatic carbocycles. The smallest absolute Gasteiger partial charge is 0.262 e. The van der Waals surface area contributed by atoms with Crippen molar-refractivity contribution in [3.63, 3.8) is 0 Å². The lowest BCUT2D eigenvalue weighted by Crippen LogP contribution is -2.52. The number of amidine groups is 1. The molecule has 0 bridgehead atoms. The predicted octanol–water partition coefficient (Wildman–Crippen LogP) is 5.41. The second-order valence-corrected chi connectivity index (χ2v) is 12.2. The summed E-state index contributed by atoms with van der Waals surface area (Å²) in [6.07, 6.45) is 0.898. The summed E-state index contributed by atoms with van der Waals surface area (Å²) in [4.78, 5) is 24.3. The molecule has 0 radical (unpaired) electrons. The van der Waals surface area contributed by atoms with Crippen molar-refractivity contribution in [3.05, 3.63) is 80.3 Å². The largest absolute Gasteiger partial charge is 0.336 e. The van der Waals surface area contributed by atoms with Gasteiger partial charge in [-0.3, -0.25) is 4.79 Å². The molecule has 38 heavy (non-hydrogen) atoms. The minimum Gasteiger partial charge on any atom is -0.336 e. The van der Waals surface area contributed by atoms with Gasteiger partial charge in [-0.15, -0.1) is 0 Å². The minimum atomic E-state index is -0.575. The predicted molar refractivity (Wildman–Crippen MR) is 157 cm³/mol. The molecule has 0 saturated carbocycles. The van der Waals surface area contributed by atoms with E-state index < -0.39 is 5.54 Å². The Kier molecular flexibility index (Phi) is 7.84. The van der Waals surface area contributed by atoms with E-state index >= 15 is 0 Å². The first kappa shape index (κ1) is 27.5. The SMILES string of the molecule is CNN(NC)[C@@H]1CCN(C(=O)C2=C(C(C)C)N3C(=NC(C)(c4ccc(Cl)cc4)C3c3ccc(Cl)cc3)S2)C1. The first-order valence-electron chi connectivity index (χ1n) is 12.9. The summed E-state index contributed by atoms with van der Waals surface area (Å²) >= 11 is 14.0. The van der Waals surface area contributed by atoms with Crippen LogP contribution >= 0.6 is 35.0 Å². The van der Waals surface area contributed by atoms with E-state index in [0.29, 0.717) is 23.1 Å². The normalized spacial score (nSPS) is 25.1. The molecule has 1 amide bonds. The van der Waals surface area contributed by atoms with E-state index in [4.69, 9.17) is 28.2 Å². The zero-order chi connectivity index (χ0) is 27.2. The van der Waals surface area contributed by atoms with Gasteiger partial charge in [-0.2, -0.15) is 5.12 Å². The van der Waals surface area contributed by atoms with Crippen LogP contribution in [0.4, 0.5) is 0 Å². The molecule has 0 aliphatic carbocycles. The number of benzene rings is 2. The van der Waals surface area contributed by atoms with Crippen molar-refractivity contribution < 1.29 is 4.79 Å². The molecule has 0 spiro atoms. The number of hydrogen-bond donors (Lipinski definition) is 2. The van der Waals surface area contributed by atoms with Crippen molar-refractivity contribution in [3.8, 4) is 0 Å². The molecule has 7 nitrogen and oxygen atoms in total. The molecule has 3 aliphatic rings. The number of hydrazine groups is 2. The standard InChI is InChI=1S/C28H34Cl2N6OS/c1-17(2)23-24(26(37)34-15-14-22(16-34)36(31-4)32-5)38-27-33-28(3,19-8-12-21(30)13-9-19)25(35(23)27)18-6-10-20(29)11-7-18/h6-13,17,22,25,31-32H,14-16H2,1-5H3/t22-,25?,28?/m1/s1. The molecular weight excluding hydrogens is 539 g/mol. The molecule has 10 heteroatoms. The Hall–Kier alpha value is -2.07. The van der Waals surface area contributed by atoms with Crippen LogP contribution in [0, 0.1) is 5.92 Å². The lowest BCUT2D eigenvalue weighted by molar-refractivity contribution is -0.125. The maximum atomic E-state index is 14.0. The van der Waals surface area contributed by atoms with Crippen molar-refractivity contribution in [2.75, 3.05) is 27.2 Å². The zero-order valence-electron chi connectivity index (χ0n) is 22.3. The Balaban J connectivity index is 1.55. The van der Waals surface area contributed by atoms with E-state index in [1.165, 1.54) is 11.8 Å². The second-order valence-electron chi connectivity index (χ2n) is 10.4. The van der Waals surface area contributed by atoms with E-state index in [9.17, 15) is 4.79 Å². The average molecular weight is 574 g/mol. The summed E-state index contributed by atoms with van der Waals surface area (Å²) in [7, 11) is 3.77. The highest BCUT2D eigenvalue weighted by Gasteiger charge is 2.53. The maximum Gasteiger partial charge on any atom is 0.262 e.